The lowest BCUT2D eigenvalue weighted by molar-refractivity contribution is 0.0746. The molecule has 12 heteroatoms. The third kappa shape index (κ3) is 5.65. The standard InChI is InChI=1S/C28H35N5O5S2/c1-4-38-28(35)32-16-18-33(19-17-32)40(36,37)22-10-8-21(9-11-22)26(34)30-12-14-31(15-13-30)27-29-25-23(20(2)3)6-5-7-24(25)39-27/h5-11,20H,4,12-19H2,1-3H3. The number of para-hydroxylation sites is 1. The van der Waals surface area contributed by atoms with Crippen molar-refractivity contribution in [3.63, 3.8) is 0 Å². The molecule has 2 aliphatic rings. The summed E-state index contributed by atoms with van der Waals surface area (Å²) in [5.74, 6) is 0.286. The van der Waals surface area contributed by atoms with Crippen LogP contribution in [0.1, 0.15) is 42.6 Å². The van der Waals surface area contributed by atoms with Crippen LogP contribution in [0, 0.1) is 0 Å². The monoisotopic (exact) mass is 585 g/mol. The maximum Gasteiger partial charge on any atom is 0.409 e. The van der Waals surface area contributed by atoms with Crippen LogP contribution in [0.5, 0.6) is 0 Å². The van der Waals surface area contributed by atoms with Gasteiger partial charge in [-0.15, -0.1) is 0 Å². The number of rotatable bonds is 6. The predicted octanol–water partition coefficient (Wildman–Crippen LogP) is 3.84. The minimum atomic E-state index is -3.73. The number of ether oxygens (including phenoxy) is 1. The van der Waals surface area contributed by atoms with Crippen molar-refractivity contribution in [3.8, 4) is 0 Å². The zero-order valence-electron chi connectivity index (χ0n) is 23.1. The maximum absolute atomic E-state index is 13.2. The Morgan fingerprint density at radius 2 is 1.57 bits per heavy atom. The van der Waals surface area contributed by atoms with Gasteiger partial charge < -0.3 is 19.4 Å². The minimum absolute atomic E-state index is 0.113. The number of thiazole rings is 1. The van der Waals surface area contributed by atoms with Crippen LogP contribution in [0.2, 0.25) is 0 Å². The van der Waals surface area contributed by atoms with Crippen LogP contribution in [0.3, 0.4) is 0 Å². The molecule has 5 rings (SSSR count). The van der Waals surface area contributed by atoms with Crippen LogP contribution in [0.4, 0.5) is 9.93 Å². The van der Waals surface area contributed by atoms with E-state index in [2.05, 4.69) is 36.9 Å². The van der Waals surface area contributed by atoms with Crippen molar-refractivity contribution in [2.75, 3.05) is 63.9 Å². The molecule has 0 N–H and O–H groups in total. The highest BCUT2D eigenvalue weighted by atomic mass is 32.2. The molecular weight excluding hydrogens is 550 g/mol. The molecule has 2 fully saturated rings. The van der Waals surface area contributed by atoms with E-state index in [1.807, 2.05) is 4.90 Å². The van der Waals surface area contributed by atoms with Gasteiger partial charge in [-0.05, 0) is 48.7 Å². The summed E-state index contributed by atoms with van der Waals surface area (Å²) in [5.41, 5.74) is 2.77. The van der Waals surface area contributed by atoms with Crippen molar-refractivity contribution in [2.45, 2.75) is 31.6 Å². The van der Waals surface area contributed by atoms with E-state index in [1.54, 1.807) is 30.4 Å². The lowest BCUT2D eigenvalue weighted by atomic mass is 10.0. The van der Waals surface area contributed by atoms with Crippen molar-refractivity contribution in [2.24, 2.45) is 0 Å². The highest BCUT2D eigenvalue weighted by molar-refractivity contribution is 7.89. The summed E-state index contributed by atoms with van der Waals surface area (Å²) < 4.78 is 33.8. The van der Waals surface area contributed by atoms with Crippen molar-refractivity contribution in [1.82, 2.24) is 19.1 Å². The number of aromatic nitrogens is 1. The largest absolute Gasteiger partial charge is 0.450 e. The van der Waals surface area contributed by atoms with E-state index in [1.165, 1.54) is 31.6 Å². The Kier molecular flexibility index (Phi) is 8.29. The second kappa shape index (κ2) is 11.7. The van der Waals surface area contributed by atoms with E-state index in [4.69, 9.17) is 9.72 Å². The quantitative estimate of drug-likeness (QED) is 0.433. The number of nitrogens with zero attached hydrogens (tertiary/aromatic N) is 5. The van der Waals surface area contributed by atoms with Gasteiger partial charge in [0.05, 0.1) is 21.7 Å². The number of benzene rings is 2. The average molecular weight is 586 g/mol. The lowest BCUT2D eigenvalue weighted by Gasteiger charge is -2.34. The number of fused-ring (bicyclic) bond motifs is 1. The summed E-state index contributed by atoms with van der Waals surface area (Å²) in [6.45, 7) is 9.81. The van der Waals surface area contributed by atoms with Gasteiger partial charge in [0.1, 0.15) is 0 Å². The average Bonchev–Trinajstić information content (AvgIpc) is 3.42. The number of piperazine rings is 2. The molecule has 0 spiro atoms. The third-order valence-electron chi connectivity index (χ3n) is 7.40. The van der Waals surface area contributed by atoms with Crippen LogP contribution >= 0.6 is 11.3 Å². The maximum atomic E-state index is 13.2. The zero-order chi connectivity index (χ0) is 28.4. The van der Waals surface area contributed by atoms with E-state index in [9.17, 15) is 18.0 Å². The molecule has 0 bridgehead atoms. The van der Waals surface area contributed by atoms with Gasteiger partial charge >= 0.3 is 6.09 Å². The van der Waals surface area contributed by atoms with Crippen molar-refractivity contribution in [1.29, 1.82) is 0 Å². The first-order valence-corrected chi connectivity index (χ1v) is 15.9. The fourth-order valence-electron chi connectivity index (χ4n) is 5.09. The molecular formula is C28H35N5O5S2. The van der Waals surface area contributed by atoms with E-state index in [-0.39, 0.29) is 43.6 Å². The van der Waals surface area contributed by atoms with Crippen LogP contribution in [0.25, 0.3) is 10.2 Å². The molecule has 3 heterocycles. The number of hydrogen-bond donors (Lipinski definition) is 0. The van der Waals surface area contributed by atoms with Gasteiger partial charge in [-0.3, -0.25) is 4.79 Å². The summed E-state index contributed by atoms with van der Waals surface area (Å²) in [6.07, 6.45) is -0.427. The minimum Gasteiger partial charge on any atom is -0.450 e. The van der Waals surface area contributed by atoms with Crippen LogP contribution in [-0.2, 0) is 14.8 Å². The van der Waals surface area contributed by atoms with Crippen molar-refractivity contribution in [3.05, 3.63) is 53.6 Å². The molecule has 2 aromatic carbocycles. The van der Waals surface area contributed by atoms with E-state index in [0.717, 1.165) is 10.6 Å². The normalized spacial score (nSPS) is 17.1. The summed E-state index contributed by atoms with van der Waals surface area (Å²) in [7, 11) is -3.73. The zero-order valence-corrected chi connectivity index (χ0v) is 24.7. The van der Waals surface area contributed by atoms with Crippen molar-refractivity contribution < 1.29 is 22.7 Å². The first kappa shape index (κ1) is 28.3. The first-order valence-electron chi connectivity index (χ1n) is 13.6. The fraction of sp³-hybridized carbons (Fsp3) is 0.464. The van der Waals surface area contributed by atoms with E-state index < -0.39 is 16.1 Å². The van der Waals surface area contributed by atoms with Gasteiger partial charge in [0, 0.05) is 57.9 Å². The molecule has 0 aliphatic carbocycles. The molecule has 0 radical (unpaired) electrons. The number of hydrogen-bond acceptors (Lipinski definition) is 8. The molecule has 2 saturated heterocycles. The Labute approximate surface area is 239 Å². The number of amides is 2. The number of sulfonamides is 1. The molecule has 2 amide bonds. The number of anilines is 1. The Hall–Kier alpha value is -3.22. The Morgan fingerprint density at radius 1 is 0.925 bits per heavy atom. The molecule has 2 aliphatic heterocycles. The Bertz CT molecular complexity index is 1470. The molecule has 40 heavy (non-hydrogen) atoms. The second-order valence-electron chi connectivity index (χ2n) is 10.2. The number of carbonyl (C=O) groups is 2. The summed E-state index contributed by atoms with van der Waals surface area (Å²) in [6, 6.07) is 12.5. The molecule has 0 unspecified atom stereocenters. The summed E-state index contributed by atoms with van der Waals surface area (Å²) in [4.78, 5) is 35.7. The highest BCUT2D eigenvalue weighted by Gasteiger charge is 2.31. The van der Waals surface area contributed by atoms with Gasteiger partial charge in [-0.1, -0.05) is 37.3 Å². The Balaban J connectivity index is 1.19. The Morgan fingerprint density at radius 3 is 2.20 bits per heavy atom. The van der Waals surface area contributed by atoms with E-state index in [0.29, 0.717) is 37.7 Å². The molecule has 0 saturated carbocycles. The third-order valence-corrected chi connectivity index (χ3v) is 10.4. The predicted molar refractivity (Wildman–Crippen MR) is 156 cm³/mol. The summed E-state index contributed by atoms with van der Waals surface area (Å²) >= 11 is 1.69. The lowest BCUT2D eigenvalue weighted by Crippen LogP contribution is -2.50. The van der Waals surface area contributed by atoms with Gasteiger partial charge in [0.25, 0.3) is 5.91 Å². The first-order chi connectivity index (χ1) is 19.2. The fourth-order valence-corrected chi connectivity index (χ4v) is 7.56. The van der Waals surface area contributed by atoms with Crippen molar-refractivity contribution >= 4 is 48.7 Å². The topological polar surface area (TPSA) is 103 Å². The second-order valence-corrected chi connectivity index (χ2v) is 13.2. The molecule has 10 nitrogen and oxygen atoms in total. The van der Waals surface area contributed by atoms with Gasteiger partial charge in [-0.25, -0.2) is 18.2 Å². The molecule has 3 aromatic rings. The van der Waals surface area contributed by atoms with E-state index >= 15 is 0 Å². The smallest absolute Gasteiger partial charge is 0.409 e. The van der Waals surface area contributed by atoms with Crippen LogP contribution < -0.4 is 4.90 Å². The van der Waals surface area contributed by atoms with Gasteiger partial charge in [-0.2, -0.15) is 4.31 Å². The van der Waals surface area contributed by atoms with Crippen LogP contribution in [0.15, 0.2) is 47.4 Å². The molecule has 1 aromatic heterocycles. The SMILES string of the molecule is CCOC(=O)N1CCN(S(=O)(=O)c2ccc(C(=O)N3CCN(c4nc5c(C(C)C)cccc5s4)CC3)cc2)CC1. The number of carbonyl (C=O) groups excluding carboxylic acids is 2. The van der Waals surface area contributed by atoms with Crippen LogP contribution in [-0.4, -0.2) is 98.5 Å². The van der Waals surface area contributed by atoms with Gasteiger partial charge in [0.15, 0.2) is 5.13 Å². The molecule has 214 valence electrons. The molecule has 0 atom stereocenters. The van der Waals surface area contributed by atoms with Gasteiger partial charge in [0.2, 0.25) is 10.0 Å². The highest BCUT2D eigenvalue weighted by Crippen LogP contribution is 2.34. The summed E-state index contributed by atoms with van der Waals surface area (Å²) in [5, 5.41) is 0.979.